The lowest BCUT2D eigenvalue weighted by molar-refractivity contribution is -0.146. The van der Waals surface area contributed by atoms with Gasteiger partial charge in [0.2, 0.25) is 5.95 Å². The van der Waals surface area contributed by atoms with E-state index < -0.39 is 6.04 Å². The van der Waals surface area contributed by atoms with E-state index in [0.717, 1.165) is 36.8 Å². The Kier molecular flexibility index (Phi) is 7.66. The lowest BCUT2D eigenvalue weighted by Gasteiger charge is -2.30. The zero-order chi connectivity index (χ0) is 25.9. The van der Waals surface area contributed by atoms with Gasteiger partial charge in [0.1, 0.15) is 18.8 Å². The number of nitrogens with one attached hydrogen (secondary N) is 1. The van der Waals surface area contributed by atoms with E-state index in [-0.39, 0.29) is 18.7 Å². The molecule has 194 valence electrons. The number of tetrazole rings is 1. The van der Waals surface area contributed by atoms with E-state index in [0.29, 0.717) is 38.2 Å². The van der Waals surface area contributed by atoms with Crippen molar-refractivity contribution in [2.45, 2.75) is 57.8 Å². The van der Waals surface area contributed by atoms with Crippen molar-refractivity contribution in [1.29, 1.82) is 0 Å². The fourth-order valence-electron chi connectivity index (χ4n) is 4.79. The molecule has 11 heteroatoms. The molecular weight excluding hydrogens is 562 g/mol. The molecule has 0 radical (unpaired) electrons. The maximum absolute atomic E-state index is 13.5. The Bertz CT molecular complexity index is 1340. The second-order valence-electron chi connectivity index (χ2n) is 9.09. The van der Waals surface area contributed by atoms with E-state index in [9.17, 15) is 4.79 Å². The van der Waals surface area contributed by atoms with Crippen molar-refractivity contribution in [2.75, 3.05) is 12.4 Å². The minimum atomic E-state index is -0.620. The van der Waals surface area contributed by atoms with Crippen LogP contribution in [0.25, 0.3) is 0 Å². The molecule has 3 aromatic rings. The minimum absolute atomic E-state index is 0.0840. The number of anilines is 1. The van der Waals surface area contributed by atoms with Gasteiger partial charge in [-0.2, -0.15) is 4.68 Å². The highest BCUT2D eigenvalue weighted by Gasteiger charge is 2.37. The molecule has 1 aliphatic carbocycles. The molecule has 9 nitrogen and oxygen atoms in total. The standard InChI is InChI=1S/C26H27BrClN5O4/c1-15-22(25(34)37-18-9-4-3-5-10-18)23(33-26(29-15)30-31-32-33)17-12-19(27)24(21(13-17)35-2)36-14-16-8-6-7-11-20(16)28/h6-8,11-13,18,23H,3-5,9-10,14H2,1-2H3,(H,29,30,32). The molecule has 1 unspecified atom stereocenters. The number of halogens is 2. The van der Waals surface area contributed by atoms with Gasteiger partial charge in [-0.25, -0.2) is 4.79 Å². The number of nitrogens with zero attached hydrogens (tertiary/aromatic N) is 4. The van der Waals surface area contributed by atoms with E-state index in [4.69, 9.17) is 25.8 Å². The third kappa shape index (κ3) is 5.31. The molecule has 37 heavy (non-hydrogen) atoms. The van der Waals surface area contributed by atoms with E-state index >= 15 is 0 Å². The molecule has 0 saturated heterocycles. The van der Waals surface area contributed by atoms with Gasteiger partial charge in [0.15, 0.2) is 11.5 Å². The predicted molar refractivity (Wildman–Crippen MR) is 142 cm³/mol. The first-order valence-corrected chi connectivity index (χ1v) is 13.3. The van der Waals surface area contributed by atoms with E-state index in [1.54, 1.807) is 11.8 Å². The molecule has 2 aliphatic rings. The Morgan fingerprint density at radius 1 is 1.22 bits per heavy atom. The van der Waals surface area contributed by atoms with Gasteiger partial charge in [0.25, 0.3) is 0 Å². The molecule has 2 heterocycles. The average Bonchev–Trinajstić information content (AvgIpc) is 3.36. The highest BCUT2D eigenvalue weighted by molar-refractivity contribution is 9.10. The molecule has 2 aromatic carbocycles. The number of hydrogen-bond donors (Lipinski definition) is 1. The van der Waals surface area contributed by atoms with Gasteiger partial charge in [0, 0.05) is 16.3 Å². The van der Waals surface area contributed by atoms with Gasteiger partial charge in [-0.3, -0.25) is 0 Å². The first kappa shape index (κ1) is 25.5. The van der Waals surface area contributed by atoms with Gasteiger partial charge in [-0.1, -0.05) is 41.3 Å². The van der Waals surface area contributed by atoms with Gasteiger partial charge in [0.05, 0.1) is 17.2 Å². The number of aromatic nitrogens is 4. The van der Waals surface area contributed by atoms with Crippen LogP contribution in [-0.2, 0) is 16.1 Å². The molecule has 1 saturated carbocycles. The fraction of sp³-hybridized carbons (Fsp3) is 0.385. The van der Waals surface area contributed by atoms with Crippen LogP contribution in [0.3, 0.4) is 0 Å². The van der Waals surface area contributed by atoms with Crippen molar-refractivity contribution in [3.05, 3.63) is 68.3 Å². The number of hydrogen-bond acceptors (Lipinski definition) is 8. The smallest absolute Gasteiger partial charge is 0.338 e. The van der Waals surface area contributed by atoms with Crippen LogP contribution in [0.2, 0.25) is 5.02 Å². The number of benzene rings is 2. The second-order valence-corrected chi connectivity index (χ2v) is 10.4. The highest BCUT2D eigenvalue weighted by atomic mass is 79.9. The summed E-state index contributed by atoms with van der Waals surface area (Å²) in [5.41, 5.74) is 2.68. The predicted octanol–water partition coefficient (Wildman–Crippen LogP) is 5.84. The lowest BCUT2D eigenvalue weighted by Crippen LogP contribution is -2.32. The zero-order valence-electron chi connectivity index (χ0n) is 20.5. The van der Waals surface area contributed by atoms with Crippen molar-refractivity contribution < 1.29 is 19.0 Å². The summed E-state index contributed by atoms with van der Waals surface area (Å²) in [7, 11) is 1.57. The van der Waals surface area contributed by atoms with Crippen LogP contribution in [0.5, 0.6) is 11.5 Å². The van der Waals surface area contributed by atoms with E-state index in [1.807, 2.05) is 43.3 Å². The van der Waals surface area contributed by atoms with Crippen molar-refractivity contribution >= 4 is 39.4 Å². The van der Waals surface area contributed by atoms with Crippen LogP contribution < -0.4 is 14.8 Å². The summed E-state index contributed by atoms with van der Waals surface area (Å²) < 4.78 is 20.0. The number of carbonyl (C=O) groups is 1. The largest absolute Gasteiger partial charge is 0.493 e. The quantitative estimate of drug-likeness (QED) is 0.344. The van der Waals surface area contributed by atoms with Crippen LogP contribution >= 0.6 is 27.5 Å². The third-order valence-corrected chi connectivity index (χ3v) is 7.62. The Morgan fingerprint density at radius 3 is 2.76 bits per heavy atom. The summed E-state index contributed by atoms with van der Waals surface area (Å²) in [5, 5.41) is 15.8. The maximum Gasteiger partial charge on any atom is 0.338 e. The number of carbonyl (C=O) groups excluding carboxylic acids is 1. The molecule has 0 spiro atoms. The first-order chi connectivity index (χ1) is 18.0. The number of ether oxygens (including phenoxy) is 3. The molecule has 1 atom stereocenters. The number of fused-ring (bicyclic) bond motifs is 1. The summed E-state index contributed by atoms with van der Waals surface area (Å²) in [5.74, 6) is 1.06. The minimum Gasteiger partial charge on any atom is -0.493 e. The molecule has 5 rings (SSSR count). The van der Waals surface area contributed by atoms with Gasteiger partial charge in [-0.15, -0.1) is 0 Å². The zero-order valence-corrected chi connectivity index (χ0v) is 22.9. The van der Waals surface area contributed by atoms with Crippen molar-refractivity contribution in [3.8, 4) is 11.5 Å². The summed E-state index contributed by atoms with van der Waals surface area (Å²) >= 11 is 9.93. The van der Waals surface area contributed by atoms with Crippen LogP contribution in [-0.4, -0.2) is 39.4 Å². The van der Waals surface area contributed by atoms with Crippen LogP contribution in [0.4, 0.5) is 5.95 Å². The first-order valence-electron chi connectivity index (χ1n) is 12.2. The molecular formula is C26H27BrClN5O4. The summed E-state index contributed by atoms with van der Waals surface area (Å²) in [6.07, 6.45) is 4.97. The van der Waals surface area contributed by atoms with Gasteiger partial charge >= 0.3 is 5.97 Å². The molecule has 0 bridgehead atoms. The fourth-order valence-corrected chi connectivity index (χ4v) is 5.55. The van der Waals surface area contributed by atoms with E-state index in [2.05, 4.69) is 36.8 Å². The molecule has 1 N–H and O–H groups in total. The summed E-state index contributed by atoms with van der Waals surface area (Å²) in [6, 6.07) is 10.6. The number of allylic oxidation sites excluding steroid dienone is 1. The summed E-state index contributed by atoms with van der Waals surface area (Å²) in [6.45, 7) is 2.09. The maximum atomic E-state index is 13.5. The number of esters is 1. The van der Waals surface area contributed by atoms with Gasteiger partial charge < -0.3 is 19.5 Å². The molecule has 0 amide bonds. The van der Waals surface area contributed by atoms with Crippen molar-refractivity contribution in [3.63, 3.8) is 0 Å². The molecule has 1 aliphatic heterocycles. The van der Waals surface area contributed by atoms with Crippen LogP contribution in [0, 0.1) is 0 Å². The number of methoxy groups -OCH3 is 1. The average molecular weight is 589 g/mol. The SMILES string of the molecule is COc1cc(C2C(C(=O)OC3CCCCC3)=C(C)Nc3nnnn32)cc(Br)c1OCc1ccccc1Cl. The highest BCUT2D eigenvalue weighted by Crippen LogP contribution is 2.43. The Morgan fingerprint density at radius 2 is 2.00 bits per heavy atom. The number of rotatable bonds is 7. The Balaban J connectivity index is 1.49. The summed E-state index contributed by atoms with van der Waals surface area (Å²) in [4.78, 5) is 13.5. The monoisotopic (exact) mass is 587 g/mol. The van der Waals surface area contributed by atoms with E-state index in [1.165, 1.54) is 6.42 Å². The van der Waals surface area contributed by atoms with Gasteiger partial charge in [-0.05, 0) is 82.7 Å². The Labute approximate surface area is 228 Å². The van der Waals surface area contributed by atoms with Crippen molar-refractivity contribution in [2.24, 2.45) is 0 Å². The van der Waals surface area contributed by atoms with Crippen LogP contribution in [0.15, 0.2) is 52.1 Å². The normalized spacial score (nSPS) is 17.7. The Hall–Kier alpha value is -3.11. The topological polar surface area (TPSA) is 100 Å². The lowest BCUT2D eigenvalue weighted by atomic mass is 9.94. The second kappa shape index (κ2) is 11.1. The van der Waals surface area contributed by atoms with Crippen molar-refractivity contribution in [1.82, 2.24) is 20.2 Å². The third-order valence-electron chi connectivity index (χ3n) is 6.66. The molecule has 1 fully saturated rings. The molecule has 1 aromatic heterocycles. The van der Waals surface area contributed by atoms with Crippen LogP contribution in [0.1, 0.15) is 56.2 Å².